The Labute approximate surface area is 228 Å². The van der Waals surface area contributed by atoms with Crippen molar-refractivity contribution in [2.45, 2.75) is 49.9 Å². The van der Waals surface area contributed by atoms with E-state index in [1.54, 1.807) is 24.0 Å². The van der Waals surface area contributed by atoms with Crippen LogP contribution in [-0.2, 0) is 13.2 Å². The number of hydrogen-bond acceptors (Lipinski definition) is 6. The molecule has 3 aromatic heterocycles. The van der Waals surface area contributed by atoms with Crippen molar-refractivity contribution in [3.63, 3.8) is 0 Å². The maximum absolute atomic E-state index is 6.62. The number of imidazole rings is 1. The first-order valence-corrected chi connectivity index (χ1v) is 13.5. The molecule has 0 atom stereocenters. The molecule has 4 rings (SSSR count). The molecule has 192 valence electrons. The fourth-order valence-corrected chi connectivity index (χ4v) is 5.34. The molecule has 0 amide bonds. The van der Waals surface area contributed by atoms with Crippen molar-refractivity contribution >= 4 is 40.0 Å². The Morgan fingerprint density at radius 1 is 1.27 bits per heavy atom. The highest BCUT2D eigenvalue weighted by molar-refractivity contribution is 7.99. The topological polar surface area (TPSA) is 56.1 Å². The van der Waals surface area contributed by atoms with Gasteiger partial charge in [-0.25, -0.2) is 9.97 Å². The quantitative estimate of drug-likeness (QED) is 0.187. The standard InChI is InChI=1S/C29H32ClN5OS/c1-6-8-14-35-15-13-32-29(35)37-27-18-31-17-24(30)23(27)19-36-26-12-9-11-21-22(16-20(3)33-28(21)26)25(10-7-2)34(4)5/h7,9-13,15-18H,2,6,8,14,19H2,1,3-5H3/b25-10-. The Morgan fingerprint density at radius 3 is 2.86 bits per heavy atom. The zero-order valence-corrected chi connectivity index (χ0v) is 23.3. The fourth-order valence-electron chi connectivity index (χ4n) is 4.09. The Hall–Kier alpha value is -3.29. The van der Waals surface area contributed by atoms with Crippen LogP contribution in [0.3, 0.4) is 0 Å². The molecule has 0 spiro atoms. The van der Waals surface area contributed by atoms with E-state index >= 15 is 0 Å². The molecule has 4 aromatic rings. The molecule has 0 aliphatic heterocycles. The van der Waals surface area contributed by atoms with Crippen molar-refractivity contribution in [2.24, 2.45) is 0 Å². The minimum Gasteiger partial charge on any atom is -0.487 e. The van der Waals surface area contributed by atoms with Crippen molar-refractivity contribution in [3.05, 3.63) is 89.6 Å². The summed E-state index contributed by atoms with van der Waals surface area (Å²) in [7, 11) is 4.05. The Balaban J connectivity index is 1.67. The Kier molecular flexibility index (Phi) is 8.90. The monoisotopic (exact) mass is 533 g/mol. The number of pyridine rings is 2. The summed E-state index contributed by atoms with van der Waals surface area (Å²) in [6.45, 7) is 9.28. The number of benzene rings is 1. The summed E-state index contributed by atoms with van der Waals surface area (Å²) in [4.78, 5) is 16.7. The average molecular weight is 534 g/mol. The van der Waals surface area contributed by atoms with Crippen LogP contribution in [0.2, 0.25) is 5.02 Å². The molecule has 0 saturated carbocycles. The van der Waals surface area contributed by atoms with E-state index < -0.39 is 0 Å². The number of fused-ring (bicyclic) bond motifs is 1. The fraction of sp³-hybridized carbons (Fsp3) is 0.276. The van der Waals surface area contributed by atoms with Gasteiger partial charge in [-0.15, -0.1) is 0 Å². The first-order valence-electron chi connectivity index (χ1n) is 12.3. The molecule has 0 radical (unpaired) electrons. The van der Waals surface area contributed by atoms with Crippen molar-refractivity contribution in [3.8, 4) is 5.75 Å². The first kappa shape index (κ1) is 26.8. The molecule has 0 unspecified atom stereocenters. The summed E-state index contributed by atoms with van der Waals surface area (Å²) in [6, 6.07) is 8.11. The van der Waals surface area contributed by atoms with Gasteiger partial charge in [0, 0.05) is 78.2 Å². The zero-order valence-electron chi connectivity index (χ0n) is 21.7. The molecule has 0 aliphatic carbocycles. The van der Waals surface area contributed by atoms with Gasteiger partial charge in [-0.3, -0.25) is 4.98 Å². The number of hydrogen-bond donors (Lipinski definition) is 0. The van der Waals surface area contributed by atoms with Crippen molar-refractivity contribution in [1.82, 2.24) is 24.4 Å². The first-order chi connectivity index (χ1) is 17.9. The molecule has 0 saturated heterocycles. The normalized spacial score (nSPS) is 11.6. The predicted molar refractivity (Wildman–Crippen MR) is 153 cm³/mol. The van der Waals surface area contributed by atoms with Crippen LogP contribution in [0, 0.1) is 6.92 Å². The lowest BCUT2D eigenvalue weighted by atomic mass is 10.0. The van der Waals surface area contributed by atoms with E-state index in [4.69, 9.17) is 21.3 Å². The van der Waals surface area contributed by atoms with Crippen LogP contribution in [0.15, 0.2) is 77.8 Å². The number of unbranched alkanes of at least 4 members (excludes halogenated alkanes) is 1. The van der Waals surface area contributed by atoms with Crippen molar-refractivity contribution in [2.75, 3.05) is 14.1 Å². The number of para-hydroxylation sites is 1. The third-order valence-corrected chi connectivity index (χ3v) is 7.35. The van der Waals surface area contributed by atoms with Crippen LogP contribution < -0.4 is 4.74 Å². The minimum atomic E-state index is 0.284. The number of aryl methyl sites for hydroxylation is 2. The van der Waals surface area contributed by atoms with Crippen molar-refractivity contribution in [1.29, 1.82) is 0 Å². The third-order valence-electron chi connectivity index (χ3n) is 5.93. The second-order valence-corrected chi connectivity index (χ2v) is 10.3. The SMILES string of the molecule is C=C/C=C(/c1cc(C)nc2c(OCc3c(Cl)cncc3Sc3nccn3CCCC)cccc12)N(C)C. The van der Waals surface area contributed by atoms with Gasteiger partial charge in [0.1, 0.15) is 17.9 Å². The number of rotatable bonds is 11. The lowest BCUT2D eigenvalue weighted by molar-refractivity contribution is 0.306. The molecule has 0 N–H and O–H groups in total. The van der Waals surface area contributed by atoms with Crippen LogP contribution in [0.5, 0.6) is 5.75 Å². The van der Waals surface area contributed by atoms with Gasteiger partial charge >= 0.3 is 0 Å². The summed E-state index contributed by atoms with van der Waals surface area (Å²) in [5, 5.41) is 2.49. The number of ether oxygens (including phenoxy) is 1. The molecule has 1 aromatic carbocycles. The lowest BCUT2D eigenvalue weighted by Crippen LogP contribution is -2.11. The van der Waals surface area contributed by atoms with Gasteiger partial charge in [0.05, 0.1) is 5.02 Å². The molecule has 37 heavy (non-hydrogen) atoms. The maximum atomic E-state index is 6.62. The number of aromatic nitrogens is 4. The van der Waals surface area contributed by atoms with E-state index in [-0.39, 0.29) is 6.61 Å². The van der Waals surface area contributed by atoms with Crippen molar-refractivity contribution < 1.29 is 4.74 Å². The van der Waals surface area contributed by atoms with Crippen LogP contribution in [0.4, 0.5) is 0 Å². The molecule has 8 heteroatoms. The summed E-state index contributed by atoms with van der Waals surface area (Å²) >= 11 is 8.17. The van der Waals surface area contributed by atoms with Gasteiger partial charge in [-0.05, 0) is 43.3 Å². The van der Waals surface area contributed by atoms with Crippen LogP contribution in [-0.4, -0.2) is 38.5 Å². The smallest absolute Gasteiger partial charge is 0.172 e. The lowest BCUT2D eigenvalue weighted by Gasteiger charge is -2.20. The summed E-state index contributed by atoms with van der Waals surface area (Å²) in [5.74, 6) is 0.701. The second kappa shape index (κ2) is 12.3. The summed E-state index contributed by atoms with van der Waals surface area (Å²) in [6.07, 6.45) is 13.3. The number of allylic oxidation sites excluding steroid dienone is 2. The maximum Gasteiger partial charge on any atom is 0.172 e. The van der Waals surface area contributed by atoms with E-state index in [2.05, 4.69) is 45.1 Å². The molecule has 0 fully saturated rings. The van der Waals surface area contributed by atoms with E-state index in [0.717, 1.165) is 62.9 Å². The van der Waals surface area contributed by atoms with Crippen LogP contribution in [0.25, 0.3) is 16.6 Å². The highest BCUT2D eigenvalue weighted by Gasteiger charge is 2.16. The van der Waals surface area contributed by atoms with Crippen LogP contribution in [0.1, 0.15) is 36.6 Å². The minimum absolute atomic E-state index is 0.284. The summed E-state index contributed by atoms with van der Waals surface area (Å²) in [5.41, 5.74) is 4.72. The predicted octanol–water partition coefficient (Wildman–Crippen LogP) is 7.41. The van der Waals surface area contributed by atoms with E-state index in [1.807, 2.05) is 57.8 Å². The van der Waals surface area contributed by atoms with E-state index in [1.165, 1.54) is 0 Å². The molecule has 0 bridgehead atoms. The van der Waals surface area contributed by atoms with Gasteiger partial charge in [0.15, 0.2) is 5.16 Å². The van der Waals surface area contributed by atoms with Gasteiger partial charge < -0.3 is 14.2 Å². The largest absolute Gasteiger partial charge is 0.487 e. The molecule has 6 nitrogen and oxygen atoms in total. The molecule has 0 aliphatic rings. The average Bonchev–Trinajstić information content (AvgIpc) is 3.32. The van der Waals surface area contributed by atoms with Crippen LogP contribution >= 0.6 is 23.4 Å². The Bertz CT molecular complexity index is 1430. The van der Waals surface area contributed by atoms with Gasteiger partial charge in [-0.1, -0.05) is 49.7 Å². The molecule has 3 heterocycles. The van der Waals surface area contributed by atoms with Gasteiger partial charge in [0.2, 0.25) is 0 Å². The molecular formula is C29H32ClN5OS. The zero-order chi connectivity index (χ0) is 26.4. The van der Waals surface area contributed by atoms with E-state index in [9.17, 15) is 0 Å². The number of nitrogens with zero attached hydrogens (tertiary/aromatic N) is 5. The third kappa shape index (κ3) is 6.17. The van der Waals surface area contributed by atoms with Gasteiger partial charge in [0.25, 0.3) is 0 Å². The summed E-state index contributed by atoms with van der Waals surface area (Å²) < 4.78 is 8.55. The highest BCUT2D eigenvalue weighted by atomic mass is 35.5. The second-order valence-electron chi connectivity index (χ2n) is 8.89. The molecular weight excluding hydrogens is 502 g/mol. The van der Waals surface area contributed by atoms with Gasteiger partial charge in [-0.2, -0.15) is 0 Å². The van der Waals surface area contributed by atoms with E-state index in [0.29, 0.717) is 10.8 Å². The highest BCUT2D eigenvalue weighted by Crippen LogP contribution is 2.35. The number of halogens is 1. The Morgan fingerprint density at radius 2 is 2.11 bits per heavy atom.